The van der Waals surface area contributed by atoms with Crippen LogP contribution in [0.15, 0.2) is 0 Å². The van der Waals surface area contributed by atoms with Crippen molar-refractivity contribution in [2.24, 2.45) is 11.7 Å². The Morgan fingerprint density at radius 1 is 1.08 bits per heavy atom. The first-order valence-electron chi connectivity index (χ1n) is 9.16. The molecule has 2 unspecified atom stereocenters. The predicted molar refractivity (Wildman–Crippen MR) is 106 cm³/mol. The van der Waals surface area contributed by atoms with E-state index in [9.17, 15) is 14.4 Å². The highest BCUT2D eigenvalue weighted by molar-refractivity contribution is 5.89. The fourth-order valence-corrected chi connectivity index (χ4v) is 1.87. The van der Waals surface area contributed by atoms with Gasteiger partial charge in [-0.05, 0) is 39.8 Å². The molecule has 0 bridgehead atoms. The number of Topliss-reactive ketones (excluding diaryl/α,β-unsaturated/α-hetero) is 1. The summed E-state index contributed by atoms with van der Waals surface area (Å²) in [6.07, 6.45) is 1.79. The van der Waals surface area contributed by atoms with Crippen LogP contribution in [0.25, 0.3) is 0 Å². The Bertz CT molecular complexity index is 311. The molecule has 0 aliphatic rings. The van der Waals surface area contributed by atoms with Crippen molar-refractivity contribution in [3.63, 3.8) is 0 Å². The van der Waals surface area contributed by atoms with Crippen LogP contribution in [0.1, 0.15) is 61.3 Å². The molecule has 7 heteroatoms. The van der Waals surface area contributed by atoms with Crippen LogP contribution in [0.3, 0.4) is 0 Å². The van der Waals surface area contributed by atoms with Crippen molar-refractivity contribution in [2.75, 3.05) is 20.6 Å². The van der Waals surface area contributed by atoms with Gasteiger partial charge in [-0.25, -0.2) is 0 Å². The van der Waals surface area contributed by atoms with Crippen LogP contribution < -0.4 is 21.7 Å². The molecule has 0 aromatic heterocycles. The zero-order chi connectivity index (χ0) is 20.8. The first-order valence-corrected chi connectivity index (χ1v) is 9.16. The summed E-state index contributed by atoms with van der Waals surface area (Å²) in [6.45, 7) is 13.8. The lowest BCUT2D eigenvalue weighted by atomic mass is 10.0. The monoisotopic (exact) mass is 362 g/mol. The number of carbonyl (C=O) groups excluding carboxylic acids is 3. The van der Waals surface area contributed by atoms with Crippen molar-refractivity contribution in [3.8, 4) is 0 Å². The summed E-state index contributed by atoms with van der Waals surface area (Å²) >= 11 is 0. The quantitative estimate of drug-likeness (QED) is 0.347. The molecule has 0 aromatic rings. The lowest BCUT2D eigenvalue weighted by molar-refractivity contribution is -0.129. The van der Waals surface area contributed by atoms with Gasteiger partial charge in [0.05, 0.1) is 12.1 Å². The van der Waals surface area contributed by atoms with Gasteiger partial charge in [0, 0.05) is 6.54 Å². The molecule has 2 atom stereocenters. The van der Waals surface area contributed by atoms with Crippen LogP contribution >= 0.6 is 0 Å². The Hall–Kier alpha value is -1.47. The van der Waals surface area contributed by atoms with Gasteiger partial charge in [0.15, 0.2) is 5.78 Å². The van der Waals surface area contributed by atoms with Gasteiger partial charge in [0.2, 0.25) is 12.3 Å². The van der Waals surface area contributed by atoms with E-state index in [-0.39, 0.29) is 23.7 Å². The minimum atomic E-state index is -0.490. The minimum Gasteiger partial charge on any atom is -0.359 e. The van der Waals surface area contributed by atoms with Gasteiger partial charge in [-0.2, -0.15) is 0 Å². The lowest BCUT2D eigenvalue weighted by Gasteiger charge is -2.23. The van der Waals surface area contributed by atoms with E-state index < -0.39 is 6.04 Å². The molecule has 2 amide bonds. The van der Waals surface area contributed by atoms with Crippen LogP contribution in [-0.2, 0) is 14.4 Å². The van der Waals surface area contributed by atoms with Crippen molar-refractivity contribution < 1.29 is 14.4 Å². The summed E-state index contributed by atoms with van der Waals surface area (Å²) in [5.41, 5.74) is 4.50. The second-order valence-corrected chi connectivity index (χ2v) is 4.90. The van der Waals surface area contributed by atoms with Gasteiger partial charge in [0.1, 0.15) is 0 Å². The largest absolute Gasteiger partial charge is 0.359 e. The highest BCUT2D eigenvalue weighted by Crippen LogP contribution is 2.04. The lowest BCUT2D eigenvalue weighted by Crippen LogP contribution is -2.51. The topological polar surface area (TPSA) is 113 Å². The molecule has 0 radical (unpaired) electrons. The second kappa shape index (κ2) is 24.8. The Labute approximate surface area is 154 Å². The van der Waals surface area contributed by atoms with Gasteiger partial charge in [-0.1, -0.05) is 41.5 Å². The fraction of sp³-hybridized carbons (Fsp3) is 0.833. The van der Waals surface area contributed by atoms with E-state index in [1.54, 1.807) is 7.05 Å². The van der Waals surface area contributed by atoms with Crippen molar-refractivity contribution in [1.82, 2.24) is 16.0 Å². The third-order valence-corrected chi connectivity index (χ3v) is 2.96. The minimum absolute atomic E-state index is 0.0712. The summed E-state index contributed by atoms with van der Waals surface area (Å²) in [4.78, 5) is 33.6. The molecule has 0 saturated carbocycles. The Balaban J connectivity index is -0.000000329. The van der Waals surface area contributed by atoms with Crippen LogP contribution in [0.2, 0.25) is 0 Å². The fourth-order valence-electron chi connectivity index (χ4n) is 1.87. The van der Waals surface area contributed by atoms with Crippen molar-refractivity contribution >= 4 is 18.1 Å². The summed E-state index contributed by atoms with van der Waals surface area (Å²) in [7, 11) is 3.22. The molecule has 0 fully saturated rings. The number of hydrogen-bond acceptors (Lipinski definition) is 5. The summed E-state index contributed by atoms with van der Waals surface area (Å²) in [5.74, 6) is -0.0894. The van der Waals surface area contributed by atoms with E-state index in [2.05, 4.69) is 21.7 Å². The van der Waals surface area contributed by atoms with Crippen LogP contribution in [0.5, 0.6) is 0 Å². The first kappa shape index (κ1) is 31.3. The van der Waals surface area contributed by atoms with Crippen molar-refractivity contribution in [2.45, 2.75) is 73.4 Å². The summed E-state index contributed by atoms with van der Waals surface area (Å²) in [5, 5.41) is 8.23. The zero-order valence-corrected chi connectivity index (χ0v) is 17.7. The van der Waals surface area contributed by atoms with Gasteiger partial charge in [0.25, 0.3) is 0 Å². The maximum atomic E-state index is 12.0. The zero-order valence-electron chi connectivity index (χ0n) is 17.7. The summed E-state index contributed by atoms with van der Waals surface area (Å²) in [6, 6.07) is -0.800. The highest BCUT2D eigenvalue weighted by atomic mass is 16.2. The number of nitrogens with one attached hydrogen (secondary N) is 3. The number of carbonyl (C=O) groups is 3. The molecule has 0 rings (SSSR count). The van der Waals surface area contributed by atoms with E-state index in [0.29, 0.717) is 25.8 Å². The maximum absolute atomic E-state index is 12.0. The van der Waals surface area contributed by atoms with Gasteiger partial charge < -0.3 is 21.7 Å². The number of likely N-dealkylation sites (N-methyl/N-ethyl adjacent to an activating group) is 1. The molecule has 5 N–H and O–H groups in total. The molecule has 0 aliphatic carbocycles. The smallest absolute Gasteiger partial charge is 0.237 e. The van der Waals surface area contributed by atoms with Gasteiger partial charge in [-0.3, -0.25) is 14.4 Å². The standard InChI is InChI=1S/C13H25N3O3.2C2H6.CH5N/c1-9(2)12(14-4)13(19)16-11(10(3)18)6-5-7-15-8-17;3*1-2/h8-9,11-12,14H,5-7H2,1-4H3,(H,15,17)(H,16,19);2*1-2H3;2H2,1H3. The van der Waals surface area contributed by atoms with E-state index in [1.807, 2.05) is 41.5 Å². The molecule has 0 heterocycles. The highest BCUT2D eigenvalue weighted by Gasteiger charge is 2.24. The average Bonchev–Trinajstić information content (AvgIpc) is 2.63. The van der Waals surface area contributed by atoms with Crippen LogP contribution in [-0.4, -0.2) is 50.8 Å². The van der Waals surface area contributed by atoms with Crippen LogP contribution in [0, 0.1) is 5.92 Å². The number of rotatable bonds is 10. The maximum Gasteiger partial charge on any atom is 0.237 e. The SMILES string of the molecule is CC.CC.CN.CNC(C(=O)NC(CCCNC=O)C(C)=O)C(C)C. The van der Waals surface area contributed by atoms with Gasteiger partial charge in [-0.15, -0.1) is 0 Å². The first-order chi connectivity index (χ1) is 11.9. The second-order valence-electron chi connectivity index (χ2n) is 4.90. The van der Waals surface area contributed by atoms with E-state index >= 15 is 0 Å². The van der Waals surface area contributed by atoms with Gasteiger partial charge >= 0.3 is 0 Å². The molecule has 25 heavy (non-hydrogen) atoms. The third kappa shape index (κ3) is 18.7. The predicted octanol–water partition coefficient (Wildman–Crippen LogP) is 1.46. The number of hydrogen-bond donors (Lipinski definition) is 4. The van der Waals surface area contributed by atoms with E-state index in [0.717, 1.165) is 0 Å². The summed E-state index contributed by atoms with van der Waals surface area (Å²) < 4.78 is 0. The van der Waals surface area contributed by atoms with Crippen LogP contribution in [0.4, 0.5) is 0 Å². The number of ketones is 1. The normalized spacial score (nSPS) is 11.2. The van der Waals surface area contributed by atoms with E-state index in [1.165, 1.54) is 14.0 Å². The molecule has 7 nitrogen and oxygen atoms in total. The van der Waals surface area contributed by atoms with Crippen molar-refractivity contribution in [3.05, 3.63) is 0 Å². The molecule has 0 spiro atoms. The Kier molecular flexibility index (Phi) is 31.0. The van der Waals surface area contributed by atoms with E-state index in [4.69, 9.17) is 0 Å². The number of nitrogens with two attached hydrogens (primary N) is 1. The average molecular weight is 363 g/mol. The molecular formula is C18H42N4O3. The molecule has 152 valence electrons. The van der Waals surface area contributed by atoms with Crippen molar-refractivity contribution in [1.29, 1.82) is 0 Å². The molecule has 0 aromatic carbocycles. The third-order valence-electron chi connectivity index (χ3n) is 2.96. The Morgan fingerprint density at radius 2 is 1.56 bits per heavy atom. The molecular weight excluding hydrogens is 320 g/mol. The molecule has 0 saturated heterocycles. The Morgan fingerprint density at radius 3 is 1.88 bits per heavy atom. The molecule has 0 aliphatic heterocycles. The number of amides is 2.